The smallest absolute Gasteiger partial charge is 0.320 e. The summed E-state index contributed by atoms with van der Waals surface area (Å²) in [4.78, 5) is 4.04. The maximum atomic E-state index is 12.6. The van der Waals surface area contributed by atoms with Crippen molar-refractivity contribution in [2.45, 2.75) is 51.2 Å². The van der Waals surface area contributed by atoms with Crippen LogP contribution >= 0.6 is 11.3 Å². The molecule has 1 unspecified atom stereocenters. The summed E-state index contributed by atoms with van der Waals surface area (Å²) in [6.45, 7) is 4.05. The number of nitrogens with two attached hydrogens (primary N) is 1. The lowest BCUT2D eigenvalue weighted by atomic mass is 9.63. The molecule has 0 saturated heterocycles. The van der Waals surface area contributed by atoms with Crippen LogP contribution < -0.4 is 5.73 Å². The Balaban J connectivity index is 2.38. The van der Waals surface area contributed by atoms with Crippen molar-refractivity contribution >= 4 is 11.3 Å². The summed E-state index contributed by atoms with van der Waals surface area (Å²) in [5.41, 5.74) is 5.54. The lowest BCUT2D eigenvalue weighted by molar-refractivity contribution is -0.137. The first-order valence-electron chi connectivity index (χ1n) is 5.99. The molecule has 1 heterocycles. The number of thiazole rings is 1. The quantitative estimate of drug-likeness (QED) is 0.845. The van der Waals surface area contributed by atoms with E-state index in [2.05, 4.69) is 4.98 Å². The minimum absolute atomic E-state index is 0.194. The van der Waals surface area contributed by atoms with Crippen molar-refractivity contribution in [2.75, 3.05) is 0 Å². The molecule has 2 nitrogen and oxygen atoms in total. The molecular formula is C12H17F3N2S. The van der Waals surface area contributed by atoms with E-state index >= 15 is 0 Å². The van der Waals surface area contributed by atoms with Gasteiger partial charge in [-0.15, -0.1) is 11.3 Å². The standard InChI is InChI=1S/C12H17F3N2S/c1-10(2)5-3-4-6-11(10,16)8-7-17-9(18-8)12(13,14)15/h7H,3-6,16H2,1-2H3. The maximum Gasteiger partial charge on any atom is 0.443 e. The van der Waals surface area contributed by atoms with Crippen molar-refractivity contribution in [1.29, 1.82) is 0 Å². The summed E-state index contributed by atoms with van der Waals surface area (Å²) in [6.07, 6.45) is 0.622. The van der Waals surface area contributed by atoms with E-state index in [-0.39, 0.29) is 5.41 Å². The van der Waals surface area contributed by atoms with Crippen LogP contribution in [0.15, 0.2) is 6.20 Å². The average Bonchev–Trinajstić information content (AvgIpc) is 2.71. The topological polar surface area (TPSA) is 38.9 Å². The average molecular weight is 278 g/mol. The second-order valence-corrected chi connectivity index (χ2v) is 6.62. The molecule has 0 aliphatic heterocycles. The third-order valence-corrected chi connectivity index (χ3v) is 5.24. The molecule has 2 rings (SSSR count). The number of halogens is 3. The molecule has 1 fully saturated rings. The molecule has 102 valence electrons. The molecular weight excluding hydrogens is 261 g/mol. The minimum atomic E-state index is -4.38. The zero-order chi connectivity index (χ0) is 13.6. The third-order valence-electron chi connectivity index (χ3n) is 4.02. The zero-order valence-electron chi connectivity index (χ0n) is 10.5. The minimum Gasteiger partial charge on any atom is -0.320 e. The van der Waals surface area contributed by atoms with Crippen LogP contribution in [0.3, 0.4) is 0 Å². The van der Waals surface area contributed by atoms with Gasteiger partial charge < -0.3 is 5.73 Å². The number of hydrogen-bond donors (Lipinski definition) is 1. The maximum absolute atomic E-state index is 12.6. The van der Waals surface area contributed by atoms with Crippen molar-refractivity contribution in [2.24, 2.45) is 11.1 Å². The molecule has 1 aliphatic rings. The van der Waals surface area contributed by atoms with Crippen LogP contribution in [0.1, 0.15) is 49.4 Å². The molecule has 0 radical (unpaired) electrons. The summed E-state index contributed by atoms with van der Waals surface area (Å²) < 4.78 is 37.8. The van der Waals surface area contributed by atoms with Gasteiger partial charge in [-0.3, -0.25) is 0 Å². The zero-order valence-corrected chi connectivity index (χ0v) is 11.3. The molecule has 0 bridgehead atoms. The predicted molar refractivity (Wildman–Crippen MR) is 65.2 cm³/mol. The van der Waals surface area contributed by atoms with E-state index in [1.165, 1.54) is 6.20 Å². The fraction of sp³-hybridized carbons (Fsp3) is 0.750. The van der Waals surface area contributed by atoms with Gasteiger partial charge in [0.1, 0.15) is 0 Å². The van der Waals surface area contributed by atoms with Gasteiger partial charge in [0, 0.05) is 11.1 Å². The fourth-order valence-corrected chi connectivity index (χ4v) is 3.70. The number of hydrogen-bond acceptors (Lipinski definition) is 3. The Morgan fingerprint density at radius 1 is 1.28 bits per heavy atom. The summed E-state index contributed by atoms with van der Waals surface area (Å²) >= 11 is 0.686. The molecule has 1 atom stereocenters. The van der Waals surface area contributed by atoms with Crippen LogP contribution in [0.4, 0.5) is 13.2 Å². The monoisotopic (exact) mass is 278 g/mol. The van der Waals surface area contributed by atoms with E-state index < -0.39 is 16.7 Å². The third kappa shape index (κ3) is 2.16. The highest BCUT2D eigenvalue weighted by Gasteiger charge is 2.47. The number of alkyl halides is 3. The van der Waals surface area contributed by atoms with E-state index in [0.717, 1.165) is 25.7 Å². The van der Waals surface area contributed by atoms with Crippen LogP contribution in [0.2, 0.25) is 0 Å². The van der Waals surface area contributed by atoms with Crippen LogP contribution in [0.25, 0.3) is 0 Å². The molecule has 1 aromatic heterocycles. The van der Waals surface area contributed by atoms with E-state index in [1.54, 1.807) is 0 Å². The summed E-state index contributed by atoms with van der Waals surface area (Å²) in [6, 6.07) is 0. The Kier molecular flexibility index (Phi) is 3.22. The summed E-state index contributed by atoms with van der Waals surface area (Å²) in [7, 11) is 0. The predicted octanol–water partition coefficient (Wildman–Crippen LogP) is 3.92. The first-order valence-corrected chi connectivity index (χ1v) is 6.81. The number of aromatic nitrogens is 1. The van der Waals surface area contributed by atoms with Crippen molar-refractivity contribution in [3.05, 3.63) is 16.1 Å². The van der Waals surface area contributed by atoms with Crippen LogP contribution in [-0.4, -0.2) is 4.98 Å². The highest BCUT2D eigenvalue weighted by atomic mass is 32.1. The molecule has 0 spiro atoms. The van der Waals surface area contributed by atoms with Crippen LogP contribution in [-0.2, 0) is 11.7 Å². The molecule has 1 aromatic rings. The van der Waals surface area contributed by atoms with E-state index in [0.29, 0.717) is 16.2 Å². The first kappa shape index (κ1) is 13.8. The Labute approximate surface area is 108 Å². The molecule has 18 heavy (non-hydrogen) atoms. The van der Waals surface area contributed by atoms with E-state index in [9.17, 15) is 13.2 Å². The second kappa shape index (κ2) is 4.20. The van der Waals surface area contributed by atoms with Gasteiger partial charge in [-0.2, -0.15) is 13.2 Å². The Morgan fingerprint density at radius 3 is 2.39 bits per heavy atom. The molecule has 0 amide bonds. The summed E-state index contributed by atoms with van der Waals surface area (Å²) in [5, 5.41) is -0.802. The van der Waals surface area contributed by atoms with Gasteiger partial charge >= 0.3 is 6.18 Å². The van der Waals surface area contributed by atoms with Crippen LogP contribution in [0.5, 0.6) is 0 Å². The van der Waals surface area contributed by atoms with Gasteiger partial charge in [0.15, 0.2) is 5.01 Å². The van der Waals surface area contributed by atoms with Gasteiger partial charge in [-0.1, -0.05) is 26.7 Å². The van der Waals surface area contributed by atoms with Gasteiger partial charge in [-0.05, 0) is 18.3 Å². The fourth-order valence-electron chi connectivity index (χ4n) is 2.60. The van der Waals surface area contributed by atoms with E-state index in [1.807, 2.05) is 13.8 Å². The molecule has 0 aromatic carbocycles. The van der Waals surface area contributed by atoms with Crippen molar-refractivity contribution < 1.29 is 13.2 Å². The lowest BCUT2D eigenvalue weighted by Gasteiger charge is -2.47. The molecule has 2 N–H and O–H groups in total. The van der Waals surface area contributed by atoms with Gasteiger partial charge in [-0.25, -0.2) is 4.98 Å². The van der Waals surface area contributed by atoms with Gasteiger partial charge in [0.2, 0.25) is 0 Å². The first-order chi connectivity index (χ1) is 8.17. The van der Waals surface area contributed by atoms with Gasteiger partial charge in [0.25, 0.3) is 0 Å². The normalized spacial score (nSPS) is 28.3. The number of nitrogens with zero attached hydrogens (tertiary/aromatic N) is 1. The molecule has 1 saturated carbocycles. The SMILES string of the molecule is CC1(C)CCCCC1(N)c1cnc(C(F)(F)F)s1. The number of rotatable bonds is 1. The Morgan fingerprint density at radius 2 is 1.89 bits per heavy atom. The highest BCUT2D eigenvalue weighted by molar-refractivity contribution is 7.11. The van der Waals surface area contributed by atoms with Crippen LogP contribution in [0, 0.1) is 5.41 Å². The molecule has 6 heteroatoms. The highest BCUT2D eigenvalue weighted by Crippen LogP contribution is 2.50. The Bertz CT molecular complexity index is 439. The largest absolute Gasteiger partial charge is 0.443 e. The second-order valence-electron chi connectivity index (χ2n) is 5.59. The lowest BCUT2D eigenvalue weighted by Crippen LogP contribution is -2.51. The summed E-state index contributed by atoms with van der Waals surface area (Å²) in [5.74, 6) is 0. The van der Waals surface area contributed by atoms with Crippen molar-refractivity contribution in [3.8, 4) is 0 Å². The van der Waals surface area contributed by atoms with E-state index in [4.69, 9.17) is 5.73 Å². The van der Waals surface area contributed by atoms with Gasteiger partial charge in [0.05, 0.1) is 5.54 Å². The molecule has 1 aliphatic carbocycles. The van der Waals surface area contributed by atoms with Crippen molar-refractivity contribution in [3.63, 3.8) is 0 Å². The Hall–Kier alpha value is -0.620. The van der Waals surface area contributed by atoms with Crippen molar-refractivity contribution in [1.82, 2.24) is 4.98 Å².